The summed E-state index contributed by atoms with van der Waals surface area (Å²) in [5.74, 6) is 0.766. The minimum Gasteiger partial charge on any atom is -0.316 e. The summed E-state index contributed by atoms with van der Waals surface area (Å²) in [4.78, 5) is 5.21. The Morgan fingerprint density at radius 2 is 2.06 bits per heavy atom. The molecule has 1 aliphatic rings. The highest BCUT2D eigenvalue weighted by molar-refractivity contribution is 4.79. The molecule has 0 saturated carbocycles. The summed E-state index contributed by atoms with van der Waals surface area (Å²) in [6.45, 7) is 17.7. The van der Waals surface area contributed by atoms with E-state index in [0.29, 0.717) is 0 Å². The number of rotatable bonds is 7. The number of nitrogens with one attached hydrogen (secondary N) is 1. The van der Waals surface area contributed by atoms with Gasteiger partial charge in [-0.3, -0.25) is 4.90 Å². The third-order valence-corrected chi connectivity index (χ3v) is 3.74. The molecular formula is C14H31N3. The first kappa shape index (κ1) is 14.9. The van der Waals surface area contributed by atoms with Gasteiger partial charge in [-0.1, -0.05) is 20.8 Å². The Balaban J connectivity index is 2.19. The van der Waals surface area contributed by atoms with Gasteiger partial charge in [-0.2, -0.15) is 0 Å². The third-order valence-electron chi connectivity index (χ3n) is 3.74. The molecule has 3 heteroatoms. The maximum absolute atomic E-state index is 3.52. The zero-order chi connectivity index (χ0) is 12.7. The number of likely N-dealkylation sites (N-methyl/N-ethyl adjacent to an activating group) is 1. The van der Waals surface area contributed by atoms with Gasteiger partial charge in [-0.25, -0.2) is 0 Å². The van der Waals surface area contributed by atoms with Crippen LogP contribution < -0.4 is 5.32 Å². The summed E-state index contributed by atoms with van der Waals surface area (Å²) in [5, 5.41) is 3.52. The van der Waals surface area contributed by atoms with Crippen LogP contribution in [0.2, 0.25) is 0 Å². The van der Waals surface area contributed by atoms with E-state index < -0.39 is 0 Å². The van der Waals surface area contributed by atoms with Crippen molar-refractivity contribution in [1.29, 1.82) is 0 Å². The molecule has 1 aliphatic heterocycles. The first-order chi connectivity index (χ1) is 8.17. The molecule has 0 bridgehead atoms. The zero-order valence-electron chi connectivity index (χ0n) is 12.2. The Morgan fingerprint density at radius 3 is 2.65 bits per heavy atom. The van der Waals surface area contributed by atoms with E-state index in [0.717, 1.165) is 25.0 Å². The van der Waals surface area contributed by atoms with Crippen LogP contribution in [0, 0.1) is 5.92 Å². The predicted octanol–water partition coefficient (Wildman–Crippen LogP) is 1.65. The molecule has 0 aliphatic carbocycles. The largest absolute Gasteiger partial charge is 0.316 e. The molecule has 0 radical (unpaired) electrons. The molecule has 0 aromatic rings. The summed E-state index contributed by atoms with van der Waals surface area (Å²) < 4.78 is 0. The van der Waals surface area contributed by atoms with Crippen molar-refractivity contribution in [3.63, 3.8) is 0 Å². The lowest BCUT2D eigenvalue weighted by molar-refractivity contribution is 0.0788. The van der Waals surface area contributed by atoms with Crippen molar-refractivity contribution >= 4 is 0 Å². The summed E-state index contributed by atoms with van der Waals surface area (Å²) in [5.41, 5.74) is 0. The average Bonchev–Trinajstić information content (AvgIpc) is 2.29. The van der Waals surface area contributed by atoms with Gasteiger partial charge in [0.15, 0.2) is 0 Å². The molecule has 17 heavy (non-hydrogen) atoms. The van der Waals surface area contributed by atoms with Crippen molar-refractivity contribution in [3.05, 3.63) is 0 Å². The summed E-state index contributed by atoms with van der Waals surface area (Å²) in [6, 6.07) is 0.726. The van der Waals surface area contributed by atoms with Gasteiger partial charge in [0.1, 0.15) is 0 Å². The van der Waals surface area contributed by atoms with Crippen LogP contribution in [0.5, 0.6) is 0 Å². The van der Waals surface area contributed by atoms with Crippen LogP contribution in [0.1, 0.15) is 34.1 Å². The summed E-state index contributed by atoms with van der Waals surface area (Å²) in [6.07, 6.45) is 1.24. The normalized spacial score (nSPS) is 25.1. The smallest absolute Gasteiger partial charge is 0.0195 e. The number of hydrogen-bond acceptors (Lipinski definition) is 3. The SMILES string of the molecule is CCCNCC(C)CN1CCN(CC)C(C)C1. The predicted molar refractivity (Wildman–Crippen MR) is 75.5 cm³/mol. The minimum absolute atomic E-state index is 0.726. The first-order valence-electron chi connectivity index (χ1n) is 7.34. The van der Waals surface area contributed by atoms with Crippen LogP contribution in [-0.2, 0) is 0 Å². The first-order valence-corrected chi connectivity index (χ1v) is 7.34. The van der Waals surface area contributed by atoms with Gasteiger partial charge in [-0.15, -0.1) is 0 Å². The van der Waals surface area contributed by atoms with E-state index >= 15 is 0 Å². The lowest BCUT2D eigenvalue weighted by Gasteiger charge is -2.40. The molecule has 2 atom stereocenters. The van der Waals surface area contributed by atoms with Gasteiger partial charge in [0.2, 0.25) is 0 Å². The van der Waals surface area contributed by atoms with Crippen LogP contribution in [0.4, 0.5) is 0 Å². The van der Waals surface area contributed by atoms with Gasteiger partial charge < -0.3 is 10.2 Å². The molecule has 1 fully saturated rings. The maximum Gasteiger partial charge on any atom is 0.0195 e. The lowest BCUT2D eigenvalue weighted by atomic mass is 10.1. The Hall–Kier alpha value is -0.120. The van der Waals surface area contributed by atoms with E-state index in [1.165, 1.54) is 39.1 Å². The van der Waals surface area contributed by atoms with E-state index in [1.54, 1.807) is 0 Å². The molecule has 0 aromatic carbocycles. The molecule has 1 saturated heterocycles. The second kappa shape index (κ2) is 8.06. The van der Waals surface area contributed by atoms with Crippen molar-refractivity contribution in [3.8, 4) is 0 Å². The Bertz CT molecular complexity index is 196. The molecule has 2 unspecified atom stereocenters. The van der Waals surface area contributed by atoms with E-state index in [9.17, 15) is 0 Å². The van der Waals surface area contributed by atoms with Crippen molar-refractivity contribution in [2.24, 2.45) is 5.92 Å². The monoisotopic (exact) mass is 241 g/mol. The molecule has 102 valence electrons. The topological polar surface area (TPSA) is 18.5 Å². The van der Waals surface area contributed by atoms with E-state index in [4.69, 9.17) is 0 Å². The maximum atomic E-state index is 3.52. The fraction of sp³-hybridized carbons (Fsp3) is 1.00. The van der Waals surface area contributed by atoms with Crippen LogP contribution in [0.15, 0.2) is 0 Å². The fourth-order valence-corrected chi connectivity index (χ4v) is 2.74. The van der Waals surface area contributed by atoms with Crippen molar-refractivity contribution < 1.29 is 0 Å². The summed E-state index contributed by atoms with van der Waals surface area (Å²) in [7, 11) is 0. The van der Waals surface area contributed by atoms with Gasteiger partial charge in [-0.05, 0) is 38.9 Å². The second-order valence-electron chi connectivity index (χ2n) is 5.55. The van der Waals surface area contributed by atoms with Crippen LogP contribution in [-0.4, -0.2) is 61.7 Å². The van der Waals surface area contributed by atoms with Crippen molar-refractivity contribution in [2.75, 3.05) is 45.8 Å². The molecule has 0 amide bonds. The van der Waals surface area contributed by atoms with Gasteiger partial charge >= 0.3 is 0 Å². The number of piperazine rings is 1. The standard InChI is InChI=1S/C14H31N3/c1-5-7-15-10-13(3)11-16-8-9-17(6-2)14(4)12-16/h13-15H,5-12H2,1-4H3. The van der Waals surface area contributed by atoms with Crippen LogP contribution in [0.25, 0.3) is 0 Å². The van der Waals surface area contributed by atoms with Gasteiger partial charge in [0, 0.05) is 32.2 Å². The third kappa shape index (κ3) is 5.36. The highest BCUT2D eigenvalue weighted by atomic mass is 15.3. The lowest BCUT2D eigenvalue weighted by Crippen LogP contribution is -2.52. The molecule has 0 aromatic heterocycles. The van der Waals surface area contributed by atoms with E-state index in [2.05, 4.69) is 42.8 Å². The second-order valence-corrected chi connectivity index (χ2v) is 5.55. The van der Waals surface area contributed by atoms with Crippen LogP contribution in [0.3, 0.4) is 0 Å². The Labute approximate surface area is 108 Å². The molecular weight excluding hydrogens is 210 g/mol. The molecule has 1 N–H and O–H groups in total. The van der Waals surface area contributed by atoms with E-state index in [-0.39, 0.29) is 0 Å². The fourth-order valence-electron chi connectivity index (χ4n) is 2.74. The Kier molecular flexibility index (Phi) is 7.09. The molecule has 1 rings (SSSR count). The van der Waals surface area contributed by atoms with Gasteiger partial charge in [0.25, 0.3) is 0 Å². The van der Waals surface area contributed by atoms with E-state index in [1.807, 2.05) is 0 Å². The molecule has 0 spiro atoms. The average molecular weight is 241 g/mol. The zero-order valence-corrected chi connectivity index (χ0v) is 12.2. The highest BCUT2D eigenvalue weighted by Crippen LogP contribution is 2.10. The Morgan fingerprint density at radius 1 is 1.29 bits per heavy atom. The van der Waals surface area contributed by atoms with Gasteiger partial charge in [0.05, 0.1) is 0 Å². The quantitative estimate of drug-likeness (QED) is 0.684. The number of hydrogen-bond donors (Lipinski definition) is 1. The minimum atomic E-state index is 0.726. The highest BCUT2D eigenvalue weighted by Gasteiger charge is 2.22. The summed E-state index contributed by atoms with van der Waals surface area (Å²) >= 11 is 0. The number of nitrogens with zero attached hydrogens (tertiary/aromatic N) is 2. The van der Waals surface area contributed by atoms with Crippen molar-refractivity contribution in [1.82, 2.24) is 15.1 Å². The molecule has 1 heterocycles. The van der Waals surface area contributed by atoms with Crippen molar-refractivity contribution in [2.45, 2.75) is 40.2 Å². The molecule has 3 nitrogen and oxygen atoms in total. The van der Waals surface area contributed by atoms with Crippen LogP contribution >= 0.6 is 0 Å².